The number of rotatable bonds is 6. The van der Waals surface area contributed by atoms with Crippen LogP contribution in [0.4, 0.5) is 0 Å². The molecule has 2 amide bonds. The van der Waals surface area contributed by atoms with E-state index in [-0.39, 0.29) is 30.3 Å². The van der Waals surface area contributed by atoms with E-state index in [1.54, 1.807) is 36.6 Å². The molecule has 0 aliphatic carbocycles. The van der Waals surface area contributed by atoms with Gasteiger partial charge in [-0.25, -0.2) is 4.98 Å². The Morgan fingerprint density at radius 3 is 2.67 bits per heavy atom. The molecule has 0 saturated carbocycles. The van der Waals surface area contributed by atoms with Crippen molar-refractivity contribution in [2.24, 2.45) is 0 Å². The van der Waals surface area contributed by atoms with Gasteiger partial charge in [0.25, 0.3) is 5.56 Å². The van der Waals surface area contributed by atoms with Crippen LogP contribution in [0.3, 0.4) is 0 Å². The van der Waals surface area contributed by atoms with Gasteiger partial charge in [0, 0.05) is 31.8 Å². The van der Waals surface area contributed by atoms with Gasteiger partial charge in [0.15, 0.2) is 0 Å². The molecule has 0 radical (unpaired) electrons. The second-order valence-corrected chi connectivity index (χ2v) is 9.05. The fourth-order valence-corrected chi connectivity index (χ4v) is 4.90. The van der Waals surface area contributed by atoms with E-state index < -0.39 is 18.2 Å². The molecule has 3 unspecified atom stereocenters. The van der Waals surface area contributed by atoms with Gasteiger partial charge in [0.2, 0.25) is 11.8 Å². The van der Waals surface area contributed by atoms with Crippen molar-refractivity contribution in [3.05, 3.63) is 75.8 Å². The Bertz CT molecular complexity index is 1200. The van der Waals surface area contributed by atoms with Crippen LogP contribution < -0.4 is 10.9 Å². The first-order valence-corrected chi connectivity index (χ1v) is 11.7. The maximum Gasteiger partial charge on any atom is 0.251 e. The number of amides is 2. The van der Waals surface area contributed by atoms with Gasteiger partial charge in [0.1, 0.15) is 12.1 Å². The summed E-state index contributed by atoms with van der Waals surface area (Å²) in [5.41, 5.74) is 4.51. The van der Waals surface area contributed by atoms with E-state index in [0.29, 0.717) is 6.54 Å². The van der Waals surface area contributed by atoms with E-state index in [0.717, 1.165) is 21.7 Å². The Morgan fingerprint density at radius 2 is 2.00 bits per heavy atom. The number of aromatic nitrogens is 2. The summed E-state index contributed by atoms with van der Waals surface area (Å²) in [6.07, 6.45) is 0.924. The number of pyridine rings is 1. The predicted octanol–water partition coefficient (Wildman–Crippen LogP) is 2.12. The van der Waals surface area contributed by atoms with Crippen LogP contribution in [0.1, 0.15) is 30.6 Å². The summed E-state index contributed by atoms with van der Waals surface area (Å²) in [5.74, 6) is -0.695. The van der Waals surface area contributed by atoms with E-state index >= 15 is 0 Å². The largest absolute Gasteiger partial charge is 0.391 e. The highest BCUT2D eigenvalue weighted by Gasteiger charge is 2.40. The first-order valence-electron chi connectivity index (χ1n) is 10.8. The zero-order valence-corrected chi connectivity index (χ0v) is 19.3. The van der Waals surface area contributed by atoms with Crippen molar-refractivity contribution in [3.63, 3.8) is 0 Å². The van der Waals surface area contributed by atoms with Crippen LogP contribution in [0, 0.1) is 6.92 Å². The number of benzene rings is 1. The Kier molecular flexibility index (Phi) is 6.71. The number of aryl methyl sites for hydroxylation is 1. The summed E-state index contributed by atoms with van der Waals surface area (Å²) in [7, 11) is 0. The number of nitrogens with one attached hydrogen (secondary N) is 1. The normalized spacial score (nSPS) is 18.8. The van der Waals surface area contributed by atoms with Crippen LogP contribution >= 0.6 is 11.3 Å². The quantitative estimate of drug-likeness (QED) is 0.579. The highest BCUT2D eigenvalue weighted by molar-refractivity contribution is 7.13. The molecular formula is C24H26N4O4S. The minimum absolute atomic E-state index is 0.0613. The van der Waals surface area contributed by atoms with Crippen molar-refractivity contribution in [2.45, 2.75) is 45.0 Å². The van der Waals surface area contributed by atoms with Crippen molar-refractivity contribution in [2.75, 3.05) is 6.54 Å². The van der Waals surface area contributed by atoms with Gasteiger partial charge in [-0.1, -0.05) is 30.3 Å². The third-order valence-corrected chi connectivity index (χ3v) is 6.90. The molecule has 4 rings (SSSR count). The topological polar surface area (TPSA) is 105 Å². The summed E-state index contributed by atoms with van der Waals surface area (Å²) in [5, 5.41) is 13.0. The van der Waals surface area contributed by atoms with Crippen LogP contribution in [-0.4, -0.2) is 50.1 Å². The second kappa shape index (κ2) is 9.68. The highest BCUT2D eigenvalue weighted by Crippen LogP contribution is 2.27. The number of nitrogens with zero attached hydrogens (tertiary/aromatic N) is 3. The van der Waals surface area contributed by atoms with Gasteiger partial charge in [-0.15, -0.1) is 11.3 Å². The molecule has 1 aliphatic rings. The minimum atomic E-state index is -0.786. The third kappa shape index (κ3) is 4.89. The number of likely N-dealkylation sites (tertiary alicyclic amines) is 1. The van der Waals surface area contributed by atoms with Crippen molar-refractivity contribution < 1.29 is 14.7 Å². The lowest BCUT2D eigenvalue weighted by Crippen LogP contribution is -2.48. The number of carbonyl (C=O) groups excluding carboxylic acids is 2. The van der Waals surface area contributed by atoms with Crippen molar-refractivity contribution in [1.82, 2.24) is 19.8 Å². The summed E-state index contributed by atoms with van der Waals surface area (Å²) in [4.78, 5) is 44.9. The maximum atomic E-state index is 13.1. The molecular weight excluding hydrogens is 440 g/mol. The number of hydrogen-bond acceptors (Lipinski definition) is 6. The van der Waals surface area contributed by atoms with Crippen molar-refractivity contribution in [1.29, 1.82) is 0 Å². The highest BCUT2D eigenvalue weighted by atomic mass is 32.1. The summed E-state index contributed by atoms with van der Waals surface area (Å²) >= 11 is 1.58. The molecule has 3 aromatic rings. The summed E-state index contributed by atoms with van der Waals surface area (Å²) in [6.45, 7) is 3.96. The third-order valence-electron chi connectivity index (χ3n) is 5.92. The SMILES string of the molecule is Cc1ncsc1-c1ccc(CNC(=O)C2CC(O)CN2C(=O)C(C)n2ccccc2=O)cc1. The number of thiazole rings is 1. The lowest BCUT2D eigenvalue weighted by atomic mass is 10.1. The van der Waals surface area contributed by atoms with E-state index in [2.05, 4.69) is 10.3 Å². The number of hydrogen-bond donors (Lipinski definition) is 2. The van der Waals surface area contributed by atoms with Gasteiger partial charge in [-0.3, -0.25) is 14.4 Å². The molecule has 1 saturated heterocycles. The Hall–Kier alpha value is -3.30. The molecule has 2 aromatic heterocycles. The Labute approximate surface area is 195 Å². The molecule has 8 nitrogen and oxygen atoms in total. The van der Waals surface area contributed by atoms with Crippen LogP contribution in [0.25, 0.3) is 10.4 Å². The first-order chi connectivity index (χ1) is 15.8. The summed E-state index contributed by atoms with van der Waals surface area (Å²) in [6, 6.07) is 11.0. The molecule has 2 N–H and O–H groups in total. The molecule has 1 aliphatic heterocycles. The van der Waals surface area contributed by atoms with Gasteiger partial charge < -0.3 is 19.9 Å². The van der Waals surface area contributed by atoms with E-state index in [9.17, 15) is 19.5 Å². The van der Waals surface area contributed by atoms with Gasteiger partial charge in [0.05, 0.1) is 22.2 Å². The molecule has 1 aromatic carbocycles. The standard InChI is InChI=1S/C24H26N4O4S/c1-15-22(33-14-26-15)18-8-6-17(7-9-18)12-25-23(31)20-11-19(29)13-28(20)24(32)16(2)27-10-4-3-5-21(27)30/h3-10,14,16,19-20,29H,11-13H2,1-2H3,(H,25,31). The average Bonchev–Trinajstić information content (AvgIpc) is 3.42. The van der Waals surface area contributed by atoms with Crippen molar-refractivity contribution in [3.8, 4) is 10.4 Å². The zero-order chi connectivity index (χ0) is 23.5. The Balaban J connectivity index is 1.41. The molecule has 33 heavy (non-hydrogen) atoms. The van der Waals surface area contributed by atoms with Crippen LogP contribution in [-0.2, 0) is 16.1 Å². The molecule has 3 heterocycles. The second-order valence-electron chi connectivity index (χ2n) is 8.20. The van der Waals surface area contributed by atoms with E-state index in [1.165, 1.54) is 15.5 Å². The fourth-order valence-electron chi connectivity index (χ4n) is 4.08. The molecule has 0 spiro atoms. The van der Waals surface area contributed by atoms with Crippen molar-refractivity contribution >= 4 is 23.2 Å². The van der Waals surface area contributed by atoms with Gasteiger partial charge in [-0.2, -0.15) is 0 Å². The molecule has 9 heteroatoms. The van der Waals surface area contributed by atoms with Gasteiger partial charge >= 0.3 is 0 Å². The number of carbonyl (C=O) groups is 2. The number of aliphatic hydroxyl groups is 1. The smallest absolute Gasteiger partial charge is 0.251 e. The number of aliphatic hydroxyl groups excluding tert-OH is 1. The Morgan fingerprint density at radius 1 is 1.24 bits per heavy atom. The van der Waals surface area contributed by atoms with Crippen LogP contribution in [0.2, 0.25) is 0 Å². The molecule has 1 fully saturated rings. The molecule has 172 valence electrons. The zero-order valence-electron chi connectivity index (χ0n) is 18.5. The monoisotopic (exact) mass is 466 g/mol. The summed E-state index contributed by atoms with van der Waals surface area (Å²) < 4.78 is 1.33. The first kappa shape index (κ1) is 22.9. The maximum absolute atomic E-state index is 13.1. The van der Waals surface area contributed by atoms with Gasteiger partial charge in [-0.05, 0) is 31.0 Å². The number of β-amino-alcohol motifs (C(OH)–C–C–N with tert-alkyl or cyclic N) is 1. The van der Waals surface area contributed by atoms with Crippen LogP contribution in [0.15, 0.2) is 59.0 Å². The minimum Gasteiger partial charge on any atom is -0.391 e. The molecule has 3 atom stereocenters. The van der Waals surface area contributed by atoms with E-state index in [1.807, 2.05) is 36.7 Å². The lowest BCUT2D eigenvalue weighted by molar-refractivity contribution is -0.140. The molecule has 0 bridgehead atoms. The fraction of sp³-hybridized carbons (Fsp3) is 0.333. The van der Waals surface area contributed by atoms with E-state index in [4.69, 9.17) is 0 Å². The van der Waals surface area contributed by atoms with Crippen LogP contribution in [0.5, 0.6) is 0 Å². The predicted molar refractivity (Wildman–Crippen MR) is 126 cm³/mol. The average molecular weight is 467 g/mol. The lowest BCUT2D eigenvalue weighted by Gasteiger charge is -2.27.